The third-order valence-electron chi connectivity index (χ3n) is 4.87. The maximum absolute atomic E-state index is 13.1. The second-order valence-corrected chi connectivity index (χ2v) is 7.05. The number of hydrogen-bond donors (Lipinski definition) is 1. The maximum atomic E-state index is 13.1. The van der Waals surface area contributed by atoms with Crippen molar-refractivity contribution in [2.45, 2.75) is 25.7 Å². The number of nitrogens with zero attached hydrogens (tertiary/aromatic N) is 3. The number of piperidine rings is 1. The van der Waals surface area contributed by atoms with Crippen molar-refractivity contribution in [3.63, 3.8) is 0 Å². The van der Waals surface area contributed by atoms with Crippen LogP contribution in [-0.4, -0.2) is 34.2 Å². The first-order chi connectivity index (χ1) is 13.6. The van der Waals surface area contributed by atoms with Crippen LogP contribution in [0.4, 0.5) is 14.9 Å². The molecule has 28 heavy (non-hydrogen) atoms. The number of urea groups is 1. The molecule has 1 fully saturated rings. The molecule has 1 aromatic heterocycles. The Labute approximate surface area is 162 Å². The highest BCUT2D eigenvalue weighted by atomic mass is 19.1. The zero-order valence-corrected chi connectivity index (χ0v) is 15.6. The molecule has 6 nitrogen and oxygen atoms in total. The van der Waals surface area contributed by atoms with Gasteiger partial charge in [-0.1, -0.05) is 17.3 Å². The van der Waals surface area contributed by atoms with Gasteiger partial charge in [0.1, 0.15) is 5.82 Å². The highest BCUT2D eigenvalue weighted by Gasteiger charge is 2.28. The minimum absolute atomic E-state index is 0.0151. The Morgan fingerprint density at radius 1 is 1.25 bits per heavy atom. The van der Waals surface area contributed by atoms with Gasteiger partial charge in [-0.05, 0) is 61.7 Å². The Bertz CT molecular complexity index is 971. The third kappa shape index (κ3) is 4.03. The average molecular weight is 380 g/mol. The van der Waals surface area contributed by atoms with E-state index in [1.165, 1.54) is 12.1 Å². The first-order valence-corrected chi connectivity index (χ1v) is 9.30. The van der Waals surface area contributed by atoms with Crippen molar-refractivity contribution in [1.82, 2.24) is 15.0 Å². The number of halogens is 1. The minimum atomic E-state index is -0.310. The molecule has 2 heterocycles. The van der Waals surface area contributed by atoms with Gasteiger partial charge in [0.2, 0.25) is 11.7 Å². The number of carbonyl (C=O) groups is 1. The molecule has 7 heteroatoms. The van der Waals surface area contributed by atoms with Gasteiger partial charge in [0.05, 0.1) is 5.92 Å². The predicted octanol–water partition coefficient (Wildman–Crippen LogP) is 4.60. The third-order valence-corrected chi connectivity index (χ3v) is 4.87. The molecule has 0 aliphatic carbocycles. The lowest BCUT2D eigenvalue weighted by Crippen LogP contribution is -2.41. The summed E-state index contributed by atoms with van der Waals surface area (Å²) in [6, 6.07) is 13.5. The van der Waals surface area contributed by atoms with E-state index >= 15 is 0 Å². The van der Waals surface area contributed by atoms with E-state index in [0.29, 0.717) is 30.4 Å². The van der Waals surface area contributed by atoms with E-state index < -0.39 is 0 Å². The lowest BCUT2D eigenvalue weighted by atomic mass is 9.98. The van der Waals surface area contributed by atoms with E-state index in [4.69, 9.17) is 4.52 Å². The molecule has 0 spiro atoms. The van der Waals surface area contributed by atoms with Crippen molar-refractivity contribution in [3.05, 3.63) is 65.8 Å². The normalized spacial score (nSPS) is 16.8. The average Bonchev–Trinajstić information content (AvgIpc) is 3.19. The van der Waals surface area contributed by atoms with Gasteiger partial charge in [-0.3, -0.25) is 0 Å². The van der Waals surface area contributed by atoms with Gasteiger partial charge >= 0.3 is 6.03 Å². The molecule has 1 N–H and O–H groups in total. The van der Waals surface area contributed by atoms with Crippen molar-refractivity contribution in [2.24, 2.45) is 0 Å². The SMILES string of the molecule is Cc1cccc(NC(=O)N2CCC[C@@H](c3nc(-c4ccc(F)cc4)no3)C2)c1. The van der Waals surface area contributed by atoms with Crippen LogP contribution in [-0.2, 0) is 0 Å². The number of aromatic nitrogens is 2. The second-order valence-electron chi connectivity index (χ2n) is 7.05. The molecule has 2 amide bonds. The second kappa shape index (κ2) is 7.80. The fourth-order valence-electron chi connectivity index (χ4n) is 3.41. The largest absolute Gasteiger partial charge is 0.339 e. The van der Waals surface area contributed by atoms with Gasteiger partial charge in [0.25, 0.3) is 0 Å². The molecule has 0 radical (unpaired) electrons. The summed E-state index contributed by atoms with van der Waals surface area (Å²) in [6.45, 7) is 3.19. The van der Waals surface area contributed by atoms with Crippen LogP contribution in [0.1, 0.15) is 30.2 Å². The van der Waals surface area contributed by atoms with E-state index in [-0.39, 0.29) is 17.8 Å². The van der Waals surface area contributed by atoms with Crippen LogP contribution in [0.5, 0.6) is 0 Å². The van der Waals surface area contributed by atoms with Gasteiger partial charge in [-0.2, -0.15) is 4.98 Å². The molecule has 4 rings (SSSR count). The van der Waals surface area contributed by atoms with Crippen molar-refractivity contribution < 1.29 is 13.7 Å². The molecule has 1 aliphatic rings. The van der Waals surface area contributed by atoms with Crippen LogP contribution in [0.2, 0.25) is 0 Å². The van der Waals surface area contributed by atoms with Crippen LogP contribution in [0.15, 0.2) is 53.1 Å². The Hall–Kier alpha value is -3.22. The summed E-state index contributed by atoms with van der Waals surface area (Å²) in [6.07, 6.45) is 1.74. The number of rotatable bonds is 3. The van der Waals surface area contributed by atoms with Crippen LogP contribution in [0, 0.1) is 12.7 Å². The van der Waals surface area contributed by atoms with Crippen LogP contribution in [0.25, 0.3) is 11.4 Å². The number of likely N-dealkylation sites (tertiary alicyclic amines) is 1. The van der Waals surface area contributed by atoms with E-state index in [1.807, 2.05) is 31.2 Å². The number of carbonyl (C=O) groups excluding carboxylic acids is 1. The minimum Gasteiger partial charge on any atom is -0.339 e. The molecule has 0 bridgehead atoms. The number of hydrogen-bond acceptors (Lipinski definition) is 4. The lowest BCUT2D eigenvalue weighted by molar-refractivity contribution is 0.184. The van der Waals surface area contributed by atoms with E-state index in [9.17, 15) is 9.18 Å². The Kier molecular flexibility index (Phi) is 5.06. The molecule has 2 aromatic carbocycles. The highest BCUT2D eigenvalue weighted by molar-refractivity contribution is 5.89. The monoisotopic (exact) mass is 380 g/mol. The molecule has 0 saturated carbocycles. The summed E-state index contributed by atoms with van der Waals surface area (Å²) in [4.78, 5) is 18.9. The summed E-state index contributed by atoms with van der Waals surface area (Å²) in [5.41, 5.74) is 2.57. The molecule has 1 aliphatic heterocycles. The zero-order chi connectivity index (χ0) is 19.5. The van der Waals surface area contributed by atoms with Crippen LogP contribution in [0.3, 0.4) is 0 Å². The predicted molar refractivity (Wildman–Crippen MR) is 103 cm³/mol. The molecule has 3 aromatic rings. The zero-order valence-electron chi connectivity index (χ0n) is 15.6. The van der Waals surface area contributed by atoms with Crippen molar-refractivity contribution >= 4 is 11.7 Å². The number of nitrogens with one attached hydrogen (secondary N) is 1. The highest BCUT2D eigenvalue weighted by Crippen LogP contribution is 2.28. The van der Waals surface area contributed by atoms with Gasteiger partial charge in [-0.25, -0.2) is 9.18 Å². The standard InChI is InChI=1S/C21H21FN4O2/c1-14-4-2-6-18(12-14)23-21(27)26-11-3-5-16(13-26)20-24-19(25-28-20)15-7-9-17(22)10-8-15/h2,4,6-10,12,16H,3,5,11,13H2,1H3,(H,23,27)/t16-/m1/s1. The first-order valence-electron chi connectivity index (χ1n) is 9.30. The van der Waals surface area contributed by atoms with Crippen molar-refractivity contribution in [1.29, 1.82) is 0 Å². The maximum Gasteiger partial charge on any atom is 0.321 e. The topological polar surface area (TPSA) is 71.3 Å². The molecular weight excluding hydrogens is 359 g/mol. The van der Waals surface area contributed by atoms with Gasteiger partial charge in [-0.15, -0.1) is 0 Å². The molecule has 144 valence electrons. The summed E-state index contributed by atoms with van der Waals surface area (Å²) in [5, 5.41) is 6.96. The van der Waals surface area contributed by atoms with Crippen molar-refractivity contribution in [2.75, 3.05) is 18.4 Å². The number of benzene rings is 2. The summed E-state index contributed by atoms with van der Waals surface area (Å²) in [5.74, 6) is 0.609. The number of aryl methyl sites for hydroxylation is 1. The first kappa shape index (κ1) is 18.2. The fraction of sp³-hybridized carbons (Fsp3) is 0.286. The number of amides is 2. The molecular formula is C21H21FN4O2. The summed E-state index contributed by atoms with van der Waals surface area (Å²) < 4.78 is 18.5. The van der Waals surface area contributed by atoms with Crippen LogP contribution >= 0.6 is 0 Å². The van der Waals surface area contributed by atoms with Gasteiger partial charge in [0, 0.05) is 24.3 Å². The van der Waals surface area contributed by atoms with Gasteiger partial charge < -0.3 is 14.7 Å². The van der Waals surface area contributed by atoms with E-state index in [1.54, 1.807) is 17.0 Å². The Balaban J connectivity index is 1.43. The Morgan fingerprint density at radius 3 is 2.86 bits per heavy atom. The smallest absolute Gasteiger partial charge is 0.321 e. The van der Waals surface area contributed by atoms with E-state index in [0.717, 1.165) is 24.1 Å². The quantitative estimate of drug-likeness (QED) is 0.721. The molecule has 0 unspecified atom stereocenters. The van der Waals surface area contributed by atoms with Crippen LogP contribution < -0.4 is 5.32 Å². The molecule has 1 saturated heterocycles. The lowest BCUT2D eigenvalue weighted by Gasteiger charge is -2.31. The Morgan fingerprint density at radius 2 is 2.07 bits per heavy atom. The summed E-state index contributed by atoms with van der Waals surface area (Å²) >= 11 is 0. The van der Waals surface area contributed by atoms with Gasteiger partial charge in [0.15, 0.2) is 0 Å². The van der Waals surface area contributed by atoms with Crippen molar-refractivity contribution in [3.8, 4) is 11.4 Å². The molecule has 1 atom stereocenters. The number of anilines is 1. The summed E-state index contributed by atoms with van der Waals surface area (Å²) in [7, 11) is 0. The fourth-order valence-corrected chi connectivity index (χ4v) is 3.41. The van der Waals surface area contributed by atoms with E-state index in [2.05, 4.69) is 15.5 Å².